The average Bonchev–Trinajstić information content (AvgIpc) is 2.99. The van der Waals surface area contributed by atoms with Crippen molar-refractivity contribution < 1.29 is 0 Å². The van der Waals surface area contributed by atoms with Crippen LogP contribution in [0.4, 0.5) is 0 Å². The van der Waals surface area contributed by atoms with Crippen molar-refractivity contribution in [2.45, 2.75) is 135 Å². The molecule has 0 radical (unpaired) electrons. The lowest BCUT2D eigenvalue weighted by atomic mass is 9.95. The first kappa shape index (κ1) is 23.6. The van der Waals surface area contributed by atoms with Gasteiger partial charge in [-0.3, -0.25) is 4.90 Å². The summed E-state index contributed by atoms with van der Waals surface area (Å²) in [7, 11) is 0. The molecule has 168 valence electrons. The van der Waals surface area contributed by atoms with E-state index in [1.165, 1.54) is 115 Å². The molecule has 0 amide bonds. The van der Waals surface area contributed by atoms with Gasteiger partial charge in [-0.25, -0.2) is 0 Å². The topological polar surface area (TPSA) is 3.24 Å². The second-order valence-corrected chi connectivity index (χ2v) is 9.98. The van der Waals surface area contributed by atoms with Gasteiger partial charge in [0.05, 0.1) is 0 Å². The molecule has 0 saturated carbocycles. The molecular weight excluding hydrogens is 362 g/mol. The van der Waals surface area contributed by atoms with Gasteiger partial charge in [0.1, 0.15) is 0 Å². The van der Waals surface area contributed by atoms with Crippen LogP contribution in [-0.2, 0) is 6.54 Å². The minimum Gasteiger partial charge on any atom is -0.289 e. The first-order valence-electron chi connectivity index (χ1n) is 13.4. The third kappa shape index (κ3) is 8.22. The fourth-order valence-corrected chi connectivity index (χ4v) is 5.60. The Morgan fingerprint density at radius 3 is 1.93 bits per heavy atom. The SMILES string of the molecule is CCCCCCCCCCCCCCCC1=CC2CCC(C1)N2Cc1ccccc1. The molecule has 2 bridgehead atoms. The molecule has 3 rings (SSSR count). The average molecular weight is 410 g/mol. The van der Waals surface area contributed by atoms with Crippen molar-refractivity contribution in [2.24, 2.45) is 0 Å². The van der Waals surface area contributed by atoms with Crippen molar-refractivity contribution in [3.05, 3.63) is 47.5 Å². The smallest absolute Gasteiger partial charge is 0.0288 e. The van der Waals surface area contributed by atoms with Gasteiger partial charge in [-0.15, -0.1) is 0 Å². The molecule has 0 spiro atoms. The minimum atomic E-state index is 0.709. The Bertz CT molecular complexity index is 590. The second kappa shape index (κ2) is 14.1. The molecule has 0 aromatic heterocycles. The number of hydrogen-bond donors (Lipinski definition) is 0. The van der Waals surface area contributed by atoms with Gasteiger partial charge in [0.25, 0.3) is 0 Å². The van der Waals surface area contributed by atoms with Gasteiger partial charge in [0.15, 0.2) is 0 Å². The predicted molar refractivity (Wildman–Crippen MR) is 132 cm³/mol. The Balaban J connectivity index is 1.20. The molecule has 30 heavy (non-hydrogen) atoms. The zero-order valence-corrected chi connectivity index (χ0v) is 19.8. The van der Waals surface area contributed by atoms with Gasteiger partial charge in [0, 0.05) is 18.6 Å². The summed E-state index contributed by atoms with van der Waals surface area (Å²) in [6.07, 6.45) is 27.0. The number of fused-ring (bicyclic) bond motifs is 2. The number of hydrogen-bond acceptors (Lipinski definition) is 1. The standard InChI is InChI=1S/C29H47N/c1-2-3-4-5-6-7-8-9-10-11-12-13-15-20-27-23-28-21-22-29(24-27)30(28)25-26-18-16-14-17-19-26/h14,16-19,23,28-29H,2-13,15,20-22,24-25H2,1H3. The normalized spacial score (nSPS) is 21.2. The molecule has 1 nitrogen and oxygen atoms in total. The predicted octanol–water partition coefficient (Wildman–Crippen LogP) is 8.83. The zero-order valence-electron chi connectivity index (χ0n) is 19.8. The van der Waals surface area contributed by atoms with Crippen molar-refractivity contribution in [2.75, 3.05) is 0 Å². The highest BCUT2D eigenvalue weighted by molar-refractivity contribution is 5.21. The highest BCUT2D eigenvalue weighted by atomic mass is 15.2. The van der Waals surface area contributed by atoms with Crippen LogP contribution >= 0.6 is 0 Å². The third-order valence-corrected chi connectivity index (χ3v) is 7.43. The van der Waals surface area contributed by atoms with Crippen LogP contribution in [0.3, 0.4) is 0 Å². The molecule has 1 heteroatoms. The van der Waals surface area contributed by atoms with E-state index in [4.69, 9.17) is 0 Å². The van der Waals surface area contributed by atoms with Crippen molar-refractivity contribution in [3.63, 3.8) is 0 Å². The summed E-state index contributed by atoms with van der Waals surface area (Å²) in [5.74, 6) is 0. The Morgan fingerprint density at radius 1 is 0.733 bits per heavy atom. The lowest BCUT2D eigenvalue weighted by molar-refractivity contribution is 0.194. The minimum absolute atomic E-state index is 0.709. The molecule has 2 heterocycles. The van der Waals surface area contributed by atoms with Gasteiger partial charge in [-0.2, -0.15) is 0 Å². The van der Waals surface area contributed by atoms with E-state index in [-0.39, 0.29) is 0 Å². The zero-order chi connectivity index (χ0) is 20.9. The molecule has 0 aliphatic carbocycles. The Hall–Kier alpha value is -1.08. The van der Waals surface area contributed by atoms with Gasteiger partial charge in [-0.1, -0.05) is 126 Å². The first-order valence-corrected chi connectivity index (χ1v) is 13.4. The maximum Gasteiger partial charge on any atom is 0.0288 e. The van der Waals surface area contributed by atoms with Gasteiger partial charge < -0.3 is 0 Å². The van der Waals surface area contributed by atoms with Crippen LogP contribution in [0.2, 0.25) is 0 Å². The third-order valence-electron chi connectivity index (χ3n) is 7.43. The van der Waals surface area contributed by atoms with E-state index in [0.717, 1.165) is 12.6 Å². The molecule has 1 saturated heterocycles. The summed E-state index contributed by atoms with van der Waals surface area (Å²) in [5, 5.41) is 0. The second-order valence-electron chi connectivity index (χ2n) is 9.98. The number of nitrogens with zero attached hydrogens (tertiary/aromatic N) is 1. The molecular formula is C29H47N. The lowest BCUT2D eigenvalue weighted by Gasteiger charge is -2.34. The summed E-state index contributed by atoms with van der Waals surface area (Å²) in [5.41, 5.74) is 3.25. The number of rotatable bonds is 16. The van der Waals surface area contributed by atoms with Gasteiger partial charge in [-0.05, 0) is 37.7 Å². The summed E-state index contributed by atoms with van der Waals surface area (Å²) in [4.78, 5) is 2.77. The Labute approximate surface area is 187 Å². The van der Waals surface area contributed by atoms with Crippen molar-refractivity contribution in [1.29, 1.82) is 0 Å². The van der Waals surface area contributed by atoms with Gasteiger partial charge in [0.2, 0.25) is 0 Å². The van der Waals surface area contributed by atoms with Gasteiger partial charge >= 0.3 is 0 Å². The molecule has 1 aromatic carbocycles. The quantitative estimate of drug-likeness (QED) is 0.195. The van der Waals surface area contributed by atoms with E-state index in [1.54, 1.807) is 5.57 Å². The molecule has 0 N–H and O–H groups in total. The van der Waals surface area contributed by atoms with E-state index in [2.05, 4.69) is 48.2 Å². The summed E-state index contributed by atoms with van der Waals surface area (Å²) < 4.78 is 0. The molecule has 2 aliphatic heterocycles. The first-order chi connectivity index (χ1) is 14.9. The number of unbranched alkanes of at least 4 members (excludes halogenated alkanes) is 12. The van der Waals surface area contributed by atoms with E-state index < -0.39 is 0 Å². The highest BCUT2D eigenvalue weighted by Gasteiger charge is 2.35. The van der Waals surface area contributed by atoms with Crippen LogP contribution in [0.15, 0.2) is 42.0 Å². The van der Waals surface area contributed by atoms with Crippen LogP contribution in [0.25, 0.3) is 0 Å². The molecule has 1 fully saturated rings. The van der Waals surface area contributed by atoms with Crippen LogP contribution < -0.4 is 0 Å². The van der Waals surface area contributed by atoms with Crippen LogP contribution in [0.1, 0.15) is 122 Å². The molecule has 1 aromatic rings. The van der Waals surface area contributed by atoms with E-state index in [9.17, 15) is 0 Å². The van der Waals surface area contributed by atoms with Crippen LogP contribution in [0.5, 0.6) is 0 Å². The monoisotopic (exact) mass is 409 g/mol. The maximum atomic E-state index is 2.77. The fourth-order valence-electron chi connectivity index (χ4n) is 5.60. The molecule has 2 aliphatic rings. The van der Waals surface area contributed by atoms with E-state index >= 15 is 0 Å². The van der Waals surface area contributed by atoms with Crippen molar-refractivity contribution in [3.8, 4) is 0 Å². The van der Waals surface area contributed by atoms with Crippen LogP contribution in [0, 0.1) is 0 Å². The largest absolute Gasteiger partial charge is 0.289 e. The van der Waals surface area contributed by atoms with Crippen molar-refractivity contribution >= 4 is 0 Å². The highest BCUT2D eigenvalue weighted by Crippen LogP contribution is 2.37. The lowest BCUT2D eigenvalue weighted by Crippen LogP contribution is -2.37. The molecule has 2 unspecified atom stereocenters. The van der Waals surface area contributed by atoms with Crippen molar-refractivity contribution in [1.82, 2.24) is 4.90 Å². The Kier molecular flexibility index (Phi) is 11.1. The van der Waals surface area contributed by atoms with E-state index in [0.29, 0.717) is 6.04 Å². The van der Waals surface area contributed by atoms with Crippen LogP contribution in [-0.4, -0.2) is 17.0 Å². The summed E-state index contributed by atoms with van der Waals surface area (Å²) in [6, 6.07) is 12.6. The summed E-state index contributed by atoms with van der Waals surface area (Å²) in [6.45, 7) is 3.44. The van der Waals surface area contributed by atoms with E-state index in [1.807, 2.05) is 0 Å². The number of benzene rings is 1. The molecule has 2 atom stereocenters. The fraction of sp³-hybridized carbons (Fsp3) is 0.724. The summed E-state index contributed by atoms with van der Waals surface area (Å²) >= 11 is 0. The Morgan fingerprint density at radius 2 is 1.33 bits per heavy atom. The maximum absolute atomic E-state index is 2.77.